The van der Waals surface area contributed by atoms with Crippen molar-refractivity contribution in [2.75, 3.05) is 13.2 Å². The zero-order valence-corrected chi connectivity index (χ0v) is 12.7. The van der Waals surface area contributed by atoms with Crippen LogP contribution in [0.2, 0.25) is 5.02 Å². The van der Waals surface area contributed by atoms with Gasteiger partial charge in [-0.25, -0.2) is 0 Å². The van der Waals surface area contributed by atoms with Gasteiger partial charge in [-0.2, -0.15) is 0 Å². The van der Waals surface area contributed by atoms with Crippen molar-refractivity contribution in [3.05, 3.63) is 58.9 Å². The first-order chi connectivity index (χ1) is 10.1. The summed E-state index contributed by atoms with van der Waals surface area (Å²) < 4.78 is 5.48. The van der Waals surface area contributed by atoms with Crippen molar-refractivity contribution < 1.29 is 9.84 Å². The van der Waals surface area contributed by atoms with Crippen molar-refractivity contribution in [3.63, 3.8) is 0 Å². The van der Waals surface area contributed by atoms with Crippen molar-refractivity contribution in [2.45, 2.75) is 19.6 Å². The maximum atomic E-state index is 9.88. The lowest BCUT2D eigenvalue weighted by Crippen LogP contribution is -2.31. The summed E-state index contributed by atoms with van der Waals surface area (Å²) in [6, 6.07) is 11.0. The summed E-state index contributed by atoms with van der Waals surface area (Å²) in [5.74, 6) is 0.694. The molecule has 1 aromatic carbocycles. The lowest BCUT2D eigenvalue weighted by Gasteiger charge is -2.13. The highest BCUT2D eigenvalue weighted by Crippen LogP contribution is 2.15. The Hall–Kier alpha value is -1.62. The Balaban J connectivity index is 1.69. The van der Waals surface area contributed by atoms with Crippen molar-refractivity contribution in [1.82, 2.24) is 10.3 Å². The third-order valence-corrected chi connectivity index (χ3v) is 3.30. The first-order valence-corrected chi connectivity index (χ1v) is 7.20. The van der Waals surface area contributed by atoms with Gasteiger partial charge in [0.05, 0.1) is 5.69 Å². The molecule has 0 aliphatic rings. The first kappa shape index (κ1) is 15.8. The number of benzene rings is 1. The van der Waals surface area contributed by atoms with E-state index in [2.05, 4.69) is 10.3 Å². The molecule has 1 heterocycles. The summed E-state index contributed by atoms with van der Waals surface area (Å²) in [6.07, 6.45) is 1.19. The fourth-order valence-corrected chi connectivity index (χ4v) is 1.97. The number of hydrogen-bond acceptors (Lipinski definition) is 4. The van der Waals surface area contributed by atoms with Gasteiger partial charge in [-0.3, -0.25) is 4.98 Å². The van der Waals surface area contributed by atoms with E-state index < -0.39 is 6.10 Å². The van der Waals surface area contributed by atoms with Gasteiger partial charge in [-0.15, -0.1) is 0 Å². The van der Waals surface area contributed by atoms with Crippen LogP contribution in [0.5, 0.6) is 5.75 Å². The molecular formula is C16H19ClN2O2. The van der Waals surface area contributed by atoms with Crippen LogP contribution in [-0.4, -0.2) is 29.3 Å². The van der Waals surface area contributed by atoms with E-state index in [9.17, 15) is 5.11 Å². The third kappa shape index (κ3) is 5.34. The van der Waals surface area contributed by atoms with E-state index >= 15 is 0 Å². The van der Waals surface area contributed by atoms with Crippen molar-refractivity contribution in [2.24, 2.45) is 0 Å². The van der Waals surface area contributed by atoms with Crippen LogP contribution < -0.4 is 10.1 Å². The number of aromatic nitrogens is 1. The lowest BCUT2D eigenvalue weighted by molar-refractivity contribution is 0.106. The molecule has 0 bridgehead atoms. The second kappa shape index (κ2) is 7.98. The Morgan fingerprint density at radius 3 is 2.76 bits per heavy atom. The third-order valence-electron chi connectivity index (χ3n) is 3.05. The summed E-state index contributed by atoms with van der Waals surface area (Å²) in [5, 5.41) is 13.7. The predicted octanol–water partition coefficient (Wildman–Crippen LogP) is 2.57. The number of hydrogen-bond donors (Lipinski definition) is 2. The van der Waals surface area contributed by atoms with Gasteiger partial charge in [0.1, 0.15) is 18.5 Å². The zero-order chi connectivity index (χ0) is 15.1. The van der Waals surface area contributed by atoms with Gasteiger partial charge in [0.2, 0.25) is 0 Å². The molecule has 0 radical (unpaired) electrons. The van der Waals surface area contributed by atoms with E-state index in [0.717, 1.165) is 11.3 Å². The van der Waals surface area contributed by atoms with Gasteiger partial charge in [0.25, 0.3) is 0 Å². The van der Waals surface area contributed by atoms with Crippen LogP contribution in [0.4, 0.5) is 0 Å². The smallest absolute Gasteiger partial charge is 0.119 e. The molecule has 2 aromatic rings. The predicted molar refractivity (Wildman–Crippen MR) is 83.6 cm³/mol. The Bertz CT molecular complexity index is 560. The average Bonchev–Trinajstić information content (AvgIpc) is 2.49. The summed E-state index contributed by atoms with van der Waals surface area (Å²) in [7, 11) is 0. The second-order valence-electron chi connectivity index (χ2n) is 4.82. The Kier molecular flexibility index (Phi) is 5.99. The van der Waals surface area contributed by atoms with Gasteiger partial charge in [0, 0.05) is 24.3 Å². The molecule has 1 atom stereocenters. The average molecular weight is 307 g/mol. The molecule has 4 nitrogen and oxygen atoms in total. The van der Waals surface area contributed by atoms with Crippen LogP contribution >= 0.6 is 11.6 Å². The normalized spacial score (nSPS) is 12.1. The number of rotatable bonds is 7. The van der Waals surface area contributed by atoms with Gasteiger partial charge in [-0.05, 0) is 42.8 Å². The van der Waals surface area contributed by atoms with E-state index in [4.69, 9.17) is 16.3 Å². The van der Waals surface area contributed by atoms with Crippen molar-refractivity contribution in [3.8, 4) is 5.75 Å². The van der Waals surface area contributed by atoms with E-state index in [1.807, 2.05) is 19.1 Å². The zero-order valence-electron chi connectivity index (χ0n) is 11.9. The Morgan fingerprint density at radius 1 is 1.29 bits per heavy atom. The second-order valence-corrected chi connectivity index (χ2v) is 5.25. The molecule has 0 fully saturated rings. The van der Waals surface area contributed by atoms with Crippen LogP contribution in [0, 0.1) is 6.92 Å². The topological polar surface area (TPSA) is 54.4 Å². The SMILES string of the molecule is Cc1cccnc1CNCC(O)COc1ccc(Cl)cc1. The number of pyridine rings is 1. The molecule has 1 aromatic heterocycles. The largest absolute Gasteiger partial charge is 0.491 e. The Morgan fingerprint density at radius 2 is 2.05 bits per heavy atom. The van der Waals surface area contributed by atoms with Crippen LogP contribution in [0.25, 0.3) is 0 Å². The highest BCUT2D eigenvalue weighted by molar-refractivity contribution is 6.30. The van der Waals surface area contributed by atoms with Gasteiger partial charge in [-0.1, -0.05) is 17.7 Å². The number of aryl methyl sites for hydroxylation is 1. The van der Waals surface area contributed by atoms with Gasteiger partial charge in [0.15, 0.2) is 0 Å². The molecule has 5 heteroatoms. The fourth-order valence-electron chi connectivity index (χ4n) is 1.84. The molecule has 2 N–H and O–H groups in total. The van der Waals surface area contributed by atoms with Gasteiger partial charge >= 0.3 is 0 Å². The van der Waals surface area contributed by atoms with Crippen LogP contribution in [-0.2, 0) is 6.54 Å². The molecule has 0 aliphatic carbocycles. The molecule has 1 unspecified atom stereocenters. The molecule has 0 spiro atoms. The first-order valence-electron chi connectivity index (χ1n) is 6.83. The molecule has 21 heavy (non-hydrogen) atoms. The minimum Gasteiger partial charge on any atom is -0.491 e. The molecular weight excluding hydrogens is 288 g/mol. The van der Waals surface area contributed by atoms with Crippen LogP contribution in [0.1, 0.15) is 11.3 Å². The molecule has 0 saturated carbocycles. The van der Waals surface area contributed by atoms with E-state index in [1.165, 1.54) is 0 Å². The number of aliphatic hydroxyl groups is 1. The number of nitrogens with zero attached hydrogens (tertiary/aromatic N) is 1. The van der Waals surface area contributed by atoms with Crippen LogP contribution in [0.15, 0.2) is 42.6 Å². The number of nitrogens with one attached hydrogen (secondary N) is 1. The number of ether oxygens (including phenoxy) is 1. The Labute approximate surface area is 129 Å². The standard InChI is InChI=1S/C16H19ClN2O2/c1-12-3-2-8-19-16(12)10-18-9-14(20)11-21-15-6-4-13(17)5-7-15/h2-8,14,18,20H,9-11H2,1H3. The van der Waals surface area contributed by atoms with E-state index in [1.54, 1.807) is 30.5 Å². The minimum atomic E-state index is -0.579. The maximum absolute atomic E-state index is 9.88. The lowest BCUT2D eigenvalue weighted by atomic mass is 10.2. The number of aliphatic hydroxyl groups excluding tert-OH is 1. The van der Waals surface area contributed by atoms with Crippen LogP contribution in [0.3, 0.4) is 0 Å². The van der Waals surface area contributed by atoms with E-state index in [-0.39, 0.29) is 6.61 Å². The molecule has 2 rings (SSSR count). The fraction of sp³-hybridized carbons (Fsp3) is 0.312. The van der Waals surface area contributed by atoms with Crippen molar-refractivity contribution >= 4 is 11.6 Å². The molecule has 0 amide bonds. The minimum absolute atomic E-state index is 0.232. The summed E-state index contributed by atoms with van der Waals surface area (Å²) in [6.45, 7) is 3.33. The molecule has 0 aliphatic heterocycles. The highest BCUT2D eigenvalue weighted by atomic mass is 35.5. The maximum Gasteiger partial charge on any atom is 0.119 e. The molecule has 0 saturated heterocycles. The summed E-state index contributed by atoms with van der Waals surface area (Å²) in [4.78, 5) is 4.29. The summed E-state index contributed by atoms with van der Waals surface area (Å²) in [5.41, 5.74) is 2.13. The number of halogens is 1. The van der Waals surface area contributed by atoms with Gasteiger partial charge < -0.3 is 15.2 Å². The monoisotopic (exact) mass is 306 g/mol. The molecule has 112 valence electrons. The quantitative estimate of drug-likeness (QED) is 0.825. The van der Waals surface area contributed by atoms with E-state index in [0.29, 0.717) is 23.9 Å². The van der Waals surface area contributed by atoms with Crippen molar-refractivity contribution in [1.29, 1.82) is 0 Å². The highest BCUT2D eigenvalue weighted by Gasteiger charge is 2.06. The summed E-state index contributed by atoms with van der Waals surface area (Å²) >= 11 is 5.79.